The van der Waals surface area contributed by atoms with Crippen molar-refractivity contribution in [1.29, 1.82) is 0 Å². The van der Waals surface area contributed by atoms with Crippen molar-refractivity contribution in [2.45, 2.75) is 161 Å². The van der Waals surface area contributed by atoms with Gasteiger partial charge in [0.25, 0.3) is 0 Å². The lowest BCUT2D eigenvalue weighted by atomic mass is 9.96. The minimum atomic E-state index is -1.43. The molecule has 0 saturated heterocycles. The van der Waals surface area contributed by atoms with Crippen molar-refractivity contribution in [2.24, 2.45) is 35.1 Å². The lowest BCUT2D eigenvalue weighted by molar-refractivity contribution is -0.143. The number of aliphatic carboxylic acids is 1. The molecule has 3 rings (SSSR count). The van der Waals surface area contributed by atoms with Crippen molar-refractivity contribution < 1.29 is 58.5 Å². The first kappa shape index (κ1) is 64.8. The summed E-state index contributed by atoms with van der Waals surface area (Å²) in [5, 5.41) is 50.5. The van der Waals surface area contributed by atoms with Gasteiger partial charge in [-0.2, -0.15) is 0 Å². The van der Waals surface area contributed by atoms with Gasteiger partial charge in [-0.25, -0.2) is 14.8 Å². The van der Waals surface area contributed by atoms with Gasteiger partial charge in [-0.05, 0) is 73.6 Å². The zero-order valence-electron chi connectivity index (χ0n) is 45.8. The number of aromatic amines is 2. The van der Waals surface area contributed by atoms with Crippen LogP contribution in [0.2, 0.25) is 0 Å². The van der Waals surface area contributed by atoms with Crippen molar-refractivity contribution in [3.63, 3.8) is 0 Å². The number of phenols is 1. The van der Waals surface area contributed by atoms with Crippen LogP contribution in [0.5, 0.6) is 5.75 Å². The van der Waals surface area contributed by atoms with Gasteiger partial charge in [0.05, 0.1) is 19.3 Å². The van der Waals surface area contributed by atoms with Crippen molar-refractivity contribution in [3.8, 4) is 5.75 Å². The molecule has 17 N–H and O–H groups in total. The number of nitrogens with one attached hydrogen (secondary N) is 10. The number of unbranched alkanes of at least 4 members (excludes halogenated alkanes) is 1. The predicted octanol–water partition coefficient (Wildman–Crippen LogP) is -1.32. The summed E-state index contributed by atoms with van der Waals surface area (Å²) in [6, 6.07) is -5.89. The third-order valence-corrected chi connectivity index (χ3v) is 13.0. The highest BCUT2D eigenvalue weighted by Gasteiger charge is 2.37. The Morgan fingerprint density at radius 2 is 1.00 bits per heavy atom. The number of phenolic OH excluding ortho intramolecular Hbond substituents is 1. The highest BCUT2D eigenvalue weighted by molar-refractivity contribution is 5.98. The average molecular weight is 1100 g/mol. The number of nitrogens with two attached hydrogens (primary N) is 2. The summed E-state index contributed by atoms with van der Waals surface area (Å²) in [6.45, 7) is 13.3. The highest BCUT2D eigenvalue weighted by atomic mass is 16.4. The monoisotopic (exact) mass is 1090 g/mol. The number of carbonyl (C=O) groups excluding carboxylic acids is 8. The Morgan fingerprint density at radius 1 is 0.564 bits per heavy atom. The zero-order chi connectivity index (χ0) is 58.2. The van der Waals surface area contributed by atoms with E-state index in [-0.39, 0.29) is 50.3 Å². The van der Waals surface area contributed by atoms with E-state index in [1.165, 1.54) is 49.3 Å². The van der Waals surface area contributed by atoms with E-state index in [4.69, 9.17) is 11.5 Å². The number of amides is 8. The van der Waals surface area contributed by atoms with Gasteiger partial charge in [0.15, 0.2) is 0 Å². The number of aromatic hydroxyl groups is 1. The molecule has 26 heteroatoms. The number of rotatable bonds is 34. The van der Waals surface area contributed by atoms with Gasteiger partial charge in [0, 0.05) is 43.0 Å². The average Bonchev–Trinajstić information content (AvgIpc) is 4.12. The number of carbonyl (C=O) groups is 9. The van der Waals surface area contributed by atoms with Crippen LogP contribution in [0.25, 0.3) is 0 Å². The maximum atomic E-state index is 14.6. The lowest BCUT2D eigenvalue weighted by Crippen LogP contribution is -2.62. The molecule has 8 amide bonds. The number of imidazole rings is 2. The fourth-order valence-electron chi connectivity index (χ4n) is 8.13. The molecule has 3 aromatic rings. The number of carboxylic acid groups (broad SMARTS) is 1. The summed E-state index contributed by atoms with van der Waals surface area (Å²) in [5.41, 5.74) is 12.8. The number of hydrogen-bond acceptors (Lipinski definition) is 15. The van der Waals surface area contributed by atoms with E-state index >= 15 is 0 Å². The fourth-order valence-corrected chi connectivity index (χ4v) is 8.13. The Labute approximate surface area is 454 Å². The Morgan fingerprint density at radius 3 is 1.46 bits per heavy atom. The maximum absolute atomic E-state index is 14.6. The molecule has 0 aliphatic rings. The van der Waals surface area contributed by atoms with Gasteiger partial charge in [-0.15, -0.1) is 0 Å². The van der Waals surface area contributed by atoms with Crippen LogP contribution in [-0.4, -0.2) is 156 Å². The molecule has 0 unspecified atom stereocenters. The van der Waals surface area contributed by atoms with E-state index in [1.807, 2.05) is 13.8 Å². The molecule has 0 spiro atoms. The number of aliphatic hydroxyl groups excluding tert-OH is 1. The Balaban J connectivity index is 1.96. The van der Waals surface area contributed by atoms with Gasteiger partial charge in [-0.3, -0.25) is 38.4 Å². The Hall–Kier alpha value is -7.45. The molecule has 0 fully saturated rings. The number of hydrogen-bond donors (Lipinski definition) is 15. The smallest absolute Gasteiger partial charge is 0.326 e. The third-order valence-electron chi connectivity index (χ3n) is 13.0. The fraction of sp³-hybridized carbons (Fsp3) is 0.596. The van der Waals surface area contributed by atoms with Crippen molar-refractivity contribution in [2.75, 3.05) is 13.2 Å². The molecule has 0 radical (unpaired) electrons. The number of benzene rings is 1. The molecule has 0 saturated carbocycles. The minimum Gasteiger partial charge on any atom is -0.508 e. The molecule has 78 heavy (non-hydrogen) atoms. The van der Waals surface area contributed by atoms with Crippen molar-refractivity contribution in [1.82, 2.24) is 62.5 Å². The van der Waals surface area contributed by atoms with Gasteiger partial charge in [-0.1, -0.05) is 73.9 Å². The molecule has 0 aliphatic carbocycles. The van der Waals surface area contributed by atoms with E-state index in [0.717, 1.165) is 0 Å². The quantitative estimate of drug-likeness (QED) is 0.0309. The molecule has 0 bridgehead atoms. The van der Waals surface area contributed by atoms with Crippen molar-refractivity contribution in [3.05, 3.63) is 66.3 Å². The lowest BCUT2D eigenvalue weighted by Gasteiger charge is -2.30. The molecule has 2 heterocycles. The summed E-state index contributed by atoms with van der Waals surface area (Å²) in [5.74, 6) is -9.36. The first-order chi connectivity index (χ1) is 36.9. The maximum Gasteiger partial charge on any atom is 0.326 e. The molecular weight excluding hydrogens is 1010 g/mol. The van der Waals surface area contributed by atoms with Crippen LogP contribution in [0, 0.1) is 23.7 Å². The summed E-state index contributed by atoms with van der Waals surface area (Å²) < 4.78 is 0. The van der Waals surface area contributed by atoms with Crippen LogP contribution in [0.4, 0.5) is 0 Å². The molecule has 10 atom stereocenters. The molecule has 0 aliphatic heterocycles. The van der Waals surface area contributed by atoms with Crippen LogP contribution in [0.15, 0.2) is 49.3 Å². The van der Waals surface area contributed by atoms with E-state index in [1.54, 1.807) is 41.5 Å². The highest BCUT2D eigenvalue weighted by Crippen LogP contribution is 2.16. The van der Waals surface area contributed by atoms with Crippen LogP contribution < -0.4 is 54.0 Å². The van der Waals surface area contributed by atoms with E-state index in [9.17, 15) is 58.5 Å². The van der Waals surface area contributed by atoms with Crippen molar-refractivity contribution >= 4 is 53.2 Å². The molecule has 1 aromatic carbocycles. The van der Waals surface area contributed by atoms with Crippen LogP contribution in [0.3, 0.4) is 0 Å². The molecule has 26 nitrogen and oxygen atoms in total. The van der Waals surface area contributed by atoms with Gasteiger partial charge in [0.2, 0.25) is 47.3 Å². The molecule has 2 aromatic heterocycles. The van der Waals surface area contributed by atoms with E-state index < -0.39 is 132 Å². The molecule has 432 valence electrons. The normalized spacial score (nSPS) is 15.3. The minimum absolute atomic E-state index is 0.0457. The molecular formula is C52H82N14O12. The standard InChI is InChI=1S/C52H82N14O12/c1-9-30(8)43(51(76)63-38(19-31-13-15-34(68)16-14-31)48(73)65-42(29(6)7)52(77)78)66-49(74)40(21-33-23-56-26-58-33)62-46(71)39(20-32-22-55-25-57-32)61-45(70)36(12-10-11-17-53)59-50(75)41(28(4)5)64-47(72)37(18-27(2)3)60-44(69)35(54)24-67/h13-16,22-23,25-30,35-43,67-68H,9-12,17-21,24,53-54H2,1-8H3,(H,55,57)(H,56,58)(H,59,75)(H,60,69)(H,61,70)(H,62,71)(H,63,76)(H,64,72)(H,65,73)(H,66,74)(H,77,78)/t30-,35-,36-,37-,38-,39-,40-,41-,42-,43-/m0/s1. The second-order valence-corrected chi connectivity index (χ2v) is 20.6. The summed E-state index contributed by atoms with van der Waals surface area (Å²) in [4.78, 5) is 138. The van der Waals surface area contributed by atoms with E-state index in [2.05, 4.69) is 62.5 Å². The number of aliphatic hydroxyl groups is 1. The topological polar surface area (TPSA) is 420 Å². The van der Waals surface area contributed by atoms with Crippen LogP contribution in [-0.2, 0) is 62.4 Å². The second-order valence-electron chi connectivity index (χ2n) is 20.6. The Kier molecular flexibility index (Phi) is 26.9. The first-order valence-electron chi connectivity index (χ1n) is 26.3. The third kappa shape index (κ3) is 21.2. The predicted molar refractivity (Wildman–Crippen MR) is 286 cm³/mol. The summed E-state index contributed by atoms with van der Waals surface area (Å²) in [6.07, 6.45) is 6.48. The van der Waals surface area contributed by atoms with Crippen LogP contribution in [0.1, 0.15) is 104 Å². The van der Waals surface area contributed by atoms with E-state index in [0.29, 0.717) is 36.2 Å². The summed E-state index contributed by atoms with van der Waals surface area (Å²) >= 11 is 0. The van der Waals surface area contributed by atoms with Gasteiger partial charge < -0.3 is 79.3 Å². The second kappa shape index (κ2) is 32.3. The largest absolute Gasteiger partial charge is 0.508 e. The first-order valence-corrected chi connectivity index (χ1v) is 26.3. The summed E-state index contributed by atoms with van der Waals surface area (Å²) in [7, 11) is 0. The number of aromatic nitrogens is 4. The Bertz CT molecular complexity index is 2400. The number of nitrogens with zero attached hydrogens (tertiary/aromatic N) is 2. The van der Waals surface area contributed by atoms with Crippen LogP contribution >= 0.6 is 0 Å². The number of carboxylic acids is 1. The van der Waals surface area contributed by atoms with Gasteiger partial charge in [0.1, 0.15) is 60.1 Å². The zero-order valence-corrected chi connectivity index (χ0v) is 45.8. The SMILES string of the molecule is CC[C@H](C)[C@H](NC(=O)[C@H](Cc1cnc[nH]1)NC(=O)[C@H](Cc1cnc[nH]1)NC(=O)[C@H](CCCCN)NC(=O)[C@@H](NC(=O)[C@H](CC(C)C)NC(=O)[C@@H](N)CO)C(C)C)C(=O)N[C@@H](Cc1ccc(O)cc1)C(=O)N[C@H](C(=O)O)C(C)C. The van der Waals surface area contributed by atoms with Gasteiger partial charge >= 0.3 is 5.97 Å². The number of H-pyrrole nitrogens is 2.